The van der Waals surface area contributed by atoms with Crippen LogP contribution < -0.4 is 15.5 Å². The van der Waals surface area contributed by atoms with Crippen molar-refractivity contribution in [3.63, 3.8) is 0 Å². The summed E-state index contributed by atoms with van der Waals surface area (Å²) < 4.78 is 5.76. The van der Waals surface area contributed by atoms with Crippen molar-refractivity contribution >= 4 is 52.8 Å². The maximum absolute atomic E-state index is 12.6. The van der Waals surface area contributed by atoms with Crippen LogP contribution in [0.5, 0.6) is 5.75 Å². The van der Waals surface area contributed by atoms with Crippen LogP contribution in [0.3, 0.4) is 0 Å². The summed E-state index contributed by atoms with van der Waals surface area (Å²) in [6.45, 7) is 4.07. The lowest BCUT2D eigenvalue weighted by molar-refractivity contribution is -0.123. The molecule has 35 heavy (non-hydrogen) atoms. The fraction of sp³-hybridized carbons (Fsp3) is 0.192. The number of nitrogens with zero attached hydrogens (tertiary/aromatic N) is 1. The van der Waals surface area contributed by atoms with Crippen molar-refractivity contribution in [3.8, 4) is 5.75 Å². The van der Waals surface area contributed by atoms with Crippen LogP contribution in [0.4, 0.5) is 0 Å². The Morgan fingerprint density at radius 2 is 1.63 bits per heavy atom. The molecule has 0 spiro atoms. The number of hydrazone groups is 1. The molecular weight excluding hydrogens is 509 g/mol. The van der Waals surface area contributed by atoms with Gasteiger partial charge < -0.3 is 10.1 Å². The number of carbonyl (C=O) groups is 2. The van der Waals surface area contributed by atoms with Gasteiger partial charge in [-0.1, -0.05) is 60.8 Å². The fourth-order valence-electron chi connectivity index (χ4n) is 3.03. The predicted molar refractivity (Wildman–Crippen MR) is 141 cm³/mol. The normalized spacial score (nSPS) is 11.9. The van der Waals surface area contributed by atoms with Crippen molar-refractivity contribution < 1.29 is 14.3 Å². The van der Waals surface area contributed by atoms with Crippen LogP contribution >= 0.6 is 34.8 Å². The van der Waals surface area contributed by atoms with Gasteiger partial charge in [-0.05, 0) is 71.6 Å². The first-order valence-electron chi connectivity index (χ1n) is 10.8. The molecule has 0 heterocycles. The molecule has 1 atom stereocenters. The van der Waals surface area contributed by atoms with E-state index in [0.29, 0.717) is 28.0 Å². The number of benzene rings is 3. The van der Waals surface area contributed by atoms with E-state index in [1.807, 2.05) is 62.4 Å². The SMILES string of the molecule is CC(C)C(NC(=O)c1ccc(Cl)c(Cl)c1)C(=O)NN=Cc1ccc(OCc2ccc(Cl)cc2)cc1. The Morgan fingerprint density at radius 1 is 0.943 bits per heavy atom. The van der Waals surface area contributed by atoms with Gasteiger partial charge in [0.25, 0.3) is 11.8 Å². The molecule has 0 aromatic heterocycles. The third-order valence-corrected chi connectivity index (χ3v) is 6.00. The zero-order chi connectivity index (χ0) is 25.4. The summed E-state index contributed by atoms with van der Waals surface area (Å²) in [6, 6.07) is 18.4. The zero-order valence-electron chi connectivity index (χ0n) is 19.1. The monoisotopic (exact) mass is 531 g/mol. The first-order valence-corrected chi connectivity index (χ1v) is 11.9. The van der Waals surface area contributed by atoms with Crippen LogP contribution in [0.1, 0.15) is 35.3 Å². The second-order valence-corrected chi connectivity index (χ2v) is 9.29. The van der Waals surface area contributed by atoms with Crippen molar-refractivity contribution in [2.75, 3.05) is 0 Å². The summed E-state index contributed by atoms with van der Waals surface area (Å²) >= 11 is 17.8. The van der Waals surface area contributed by atoms with Crippen molar-refractivity contribution in [2.45, 2.75) is 26.5 Å². The minimum atomic E-state index is -0.794. The molecule has 0 saturated carbocycles. The molecule has 0 aliphatic heterocycles. The van der Waals surface area contributed by atoms with Crippen LogP contribution in [-0.2, 0) is 11.4 Å². The molecular formula is C26H24Cl3N3O3. The van der Waals surface area contributed by atoms with Gasteiger partial charge in [0, 0.05) is 10.6 Å². The lowest BCUT2D eigenvalue weighted by Crippen LogP contribution is -2.48. The van der Waals surface area contributed by atoms with Crippen LogP contribution in [0.2, 0.25) is 15.1 Å². The van der Waals surface area contributed by atoms with Crippen molar-refractivity contribution in [2.24, 2.45) is 11.0 Å². The highest BCUT2D eigenvalue weighted by molar-refractivity contribution is 6.42. The fourth-order valence-corrected chi connectivity index (χ4v) is 3.46. The summed E-state index contributed by atoms with van der Waals surface area (Å²) in [7, 11) is 0. The van der Waals surface area contributed by atoms with Gasteiger partial charge in [0.2, 0.25) is 0 Å². The average Bonchev–Trinajstić information content (AvgIpc) is 2.84. The van der Waals surface area contributed by atoms with Crippen molar-refractivity contribution in [3.05, 3.63) is 98.5 Å². The second-order valence-electron chi connectivity index (χ2n) is 8.04. The van der Waals surface area contributed by atoms with Crippen molar-refractivity contribution in [1.29, 1.82) is 0 Å². The predicted octanol–water partition coefficient (Wildman–Crippen LogP) is 6.13. The molecule has 3 rings (SSSR count). The number of hydrogen-bond acceptors (Lipinski definition) is 4. The molecule has 3 aromatic rings. The summed E-state index contributed by atoms with van der Waals surface area (Å²) in [5.41, 5.74) is 4.56. The van der Waals surface area contributed by atoms with Gasteiger partial charge in [-0.15, -0.1) is 0 Å². The third kappa shape index (κ3) is 7.99. The number of carbonyl (C=O) groups excluding carboxylic acids is 2. The van der Waals surface area contributed by atoms with Gasteiger partial charge >= 0.3 is 0 Å². The summed E-state index contributed by atoms with van der Waals surface area (Å²) in [5, 5.41) is 8.01. The van der Waals surface area contributed by atoms with E-state index in [1.165, 1.54) is 18.3 Å². The van der Waals surface area contributed by atoms with E-state index in [4.69, 9.17) is 39.5 Å². The first kappa shape index (κ1) is 26.5. The molecule has 0 aliphatic carbocycles. The Hall–Kier alpha value is -3.06. The minimum absolute atomic E-state index is 0.172. The van der Waals surface area contributed by atoms with E-state index < -0.39 is 17.9 Å². The summed E-state index contributed by atoms with van der Waals surface area (Å²) in [6.07, 6.45) is 1.51. The zero-order valence-corrected chi connectivity index (χ0v) is 21.4. The van der Waals surface area contributed by atoms with Crippen molar-refractivity contribution in [1.82, 2.24) is 10.7 Å². The van der Waals surface area contributed by atoms with Crippen LogP contribution in [0.25, 0.3) is 0 Å². The third-order valence-electron chi connectivity index (χ3n) is 5.00. The summed E-state index contributed by atoms with van der Waals surface area (Å²) in [4.78, 5) is 25.2. The Balaban J connectivity index is 1.53. The standard InChI is InChI=1S/C26H24Cl3N3O3/c1-16(2)24(31-25(33)19-7-12-22(28)23(29)13-19)26(34)32-30-14-17-5-10-21(11-6-17)35-15-18-3-8-20(27)9-4-18/h3-14,16,24H,15H2,1-2H3,(H,31,33)(H,32,34). The van der Waals surface area contributed by atoms with E-state index in [-0.39, 0.29) is 10.9 Å². The molecule has 0 fully saturated rings. The molecule has 0 bridgehead atoms. The number of rotatable bonds is 9. The maximum Gasteiger partial charge on any atom is 0.262 e. The number of amides is 2. The number of ether oxygens (including phenoxy) is 1. The lowest BCUT2D eigenvalue weighted by Gasteiger charge is -2.20. The molecule has 0 saturated heterocycles. The highest BCUT2D eigenvalue weighted by atomic mass is 35.5. The van der Waals surface area contributed by atoms with E-state index in [2.05, 4.69) is 15.8 Å². The number of hydrogen-bond donors (Lipinski definition) is 2. The Morgan fingerprint density at radius 3 is 2.26 bits per heavy atom. The van der Waals surface area contributed by atoms with Gasteiger partial charge in [0.15, 0.2) is 0 Å². The van der Waals surface area contributed by atoms with Crippen LogP contribution in [0.15, 0.2) is 71.8 Å². The first-order chi connectivity index (χ1) is 16.7. The molecule has 1 unspecified atom stereocenters. The number of nitrogens with one attached hydrogen (secondary N) is 2. The molecule has 2 N–H and O–H groups in total. The molecule has 182 valence electrons. The van der Waals surface area contributed by atoms with Crippen LogP contribution in [0, 0.1) is 5.92 Å². The smallest absolute Gasteiger partial charge is 0.262 e. The topological polar surface area (TPSA) is 79.8 Å². The largest absolute Gasteiger partial charge is 0.489 e. The highest BCUT2D eigenvalue weighted by Crippen LogP contribution is 2.22. The molecule has 0 radical (unpaired) electrons. The lowest BCUT2D eigenvalue weighted by atomic mass is 10.0. The van der Waals surface area contributed by atoms with E-state index >= 15 is 0 Å². The Bertz CT molecular complexity index is 1200. The number of halogens is 3. The van der Waals surface area contributed by atoms with Gasteiger partial charge in [-0.3, -0.25) is 9.59 Å². The minimum Gasteiger partial charge on any atom is -0.489 e. The quantitative estimate of drug-likeness (QED) is 0.257. The molecule has 0 aliphatic rings. The van der Waals surface area contributed by atoms with E-state index in [0.717, 1.165) is 11.1 Å². The molecule has 6 nitrogen and oxygen atoms in total. The second kappa shape index (κ2) is 12.6. The highest BCUT2D eigenvalue weighted by Gasteiger charge is 2.24. The molecule has 3 aromatic carbocycles. The van der Waals surface area contributed by atoms with Crippen LogP contribution in [-0.4, -0.2) is 24.1 Å². The van der Waals surface area contributed by atoms with Gasteiger partial charge in [-0.25, -0.2) is 5.43 Å². The molecule has 2 amide bonds. The van der Waals surface area contributed by atoms with E-state index in [9.17, 15) is 9.59 Å². The average molecular weight is 533 g/mol. The van der Waals surface area contributed by atoms with Gasteiger partial charge in [-0.2, -0.15) is 5.10 Å². The van der Waals surface area contributed by atoms with Gasteiger partial charge in [0.1, 0.15) is 18.4 Å². The summed E-state index contributed by atoms with van der Waals surface area (Å²) in [5.74, 6) is -0.344. The Labute approximate surface area is 219 Å². The van der Waals surface area contributed by atoms with E-state index in [1.54, 1.807) is 6.07 Å². The Kier molecular flexibility index (Phi) is 9.55. The molecule has 9 heteroatoms. The maximum atomic E-state index is 12.6. The van der Waals surface area contributed by atoms with Gasteiger partial charge in [0.05, 0.1) is 16.3 Å².